The van der Waals surface area contributed by atoms with Crippen LogP contribution in [0.3, 0.4) is 0 Å². The Labute approximate surface area is 198 Å². The van der Waals surface area contributed by atoms with E-state index < -0.39 is 25.3 Å². The van der Waals surface area contributed by atoms with Gasteiger partial charge in [0, 0.05) is 0 Å². The van der Waals surface area contributed by atoms with E-state index in [0.717, 1.165) is 36.6 Å². The molecular weight excluding hydrogens is 453 g/mol. The molecule has 3 rings (SSSR count). The van der Waals surface area contributed by atoms with Crippen LogP contribution in [0.15, 0.2) is 23.3 Å². The van der Waals surface area contributed by atoms with Crippen molar-refractivity contribution < 1.29 is 17.0 Å². The molecule has 1 heterocycles. The zero-order chi connectivity index (χ0) is 21.1. The van der Waals surface area contributed by atoms with Crippen LogP contribution in [-0.2, 0) is 17.0 Å². The van der Waals surface area contributed by atoms with Gasteiger partial charge in [0.2, 0.25) is 0 Å². The van der Waals surface area contributed by atoms with Gasteiger partial charge in [-0.1, -0.05) is 65.4 Å². The van der Waals surface area contributed by atoms with Gasteiger partial charge in [0.1, 0.15) is 8.24 Å². The topological polar surface area (TPSA) is 31.4 Å². The molecule has 4 atom stereocenters. The van der Waals surface area contributed by atoms with Crippen LogP contribution in [0, 0.1) is 37.0 Å². The van der Waals surface area contributed by atoms with E-state index in [2.05, 4.69) is 75.1 Å². The summed E-state index contributed by atoms with van der Waals surface area (Å²) in [6, 6.07) is 0. The van der Waals surface area contributed by atoms with Crippen LogP contribution in [0.1, 0.15) is 41.0 Å². The predicted molar refractivity (Wildman–Crippen MR) is 129 cm³/mol. The Morgan fingerprint density at radius 2 is 1.66 bits per heavy atom. The molecule has 164 valence electrons. The molecule has 0 radical (unpaired) electrons. The fourth-order valence-electron chi connectivity index (χ4n) is 5.38. The third-order valence-corrected chi connectivity index (χ3v) is 11.4. The second-order valence-corrected chi connectivity index (χ2v) is 16.9. The Morgan fingerprint density at radius 1 is 1.10 bits per heavy atom. The molecule has 2 fully saturated rings. The summed E-state index contributed by atoms with van der Waals surface area (Å²) in [7, 11) is 8.20. The van der Waals surface area contributed by atoms with Crippen molar-refractivity contribution in [2.24, 2.45) is 29.6 Å². The van der Waals surface area contributed by atoms with E-state index >= 15 is 0 Å². The predicted octanol–water partition coefficient (Wildman–Crippen LogP) is 7.77. The molecule has 7 heteroatoms. The maximum absolute atomic E-state index is 4.89. The first-order valence-corrected chi connectivity index (χ1v) is 17.9. The van der Waals surface area contributed by atoms with E-state index in [4.69, 9.17) is 18.6 Å². The normalized spacial score (nSPS) is 30.3. The number of halogens is 2. The Hall–Kier alpha value is 0.871. The van der Waals surface area contributed by atoms with Crippen LogP contribution in [-0.4, -0.2) is 32.8 Å². The number of hydrogen-bond acceptors (Lipinski definition) is 1. The fourth-order valence-corrected chi connectivity index (χ4v) is 8.97. The minimum atomic E-state index is -1.57. The summed E-state index contributed by atoms with van der Waals surface area (Å²) in [6.07, 6.45) is 6.59. The van der Waals surface area contributed by atoms with Gasteiger partial charge >= 0.3 is 35.6 Å². The monoisotopic (exact) mass is 492 g/mol. The molecule has 0 N–H and O–H groups in total. The SMILES string of the molecule is CC(C)C1=CC2C(C(C(C)C)=C1)[C@@H](C)CC2[Si](C)(C)N1C[N-]C[N-]C1.[CH3-].[Cl][Ti+4][Cl]. The van der Waals surface area contributed by atoms with Gasteiger partial charge in [0.25, 0.3) is 0 Å². The molecule has 0 aromatic heterocycles. The average Bonchev–Trinajstić information content (AvgIpc) is 3.00. The maximum atomic E-state index is 4.89. The Bertz CT molecular complexity index is 574. The summed E-state index contributed by atoms with van der Waals surface area (Å²) < 4.78 is 2.63. The molecule has 1 saturated heterocycles. The first-order valence-electron chi connectivity index (χ1n) is 10.6. The van der Waals surface area contributed by atoms with E-state index in [1.807, 2.05) is 0 Å². The molecule has 2 aliphatic carbocycles. The summed E-state index contributed by atoms with van der Waals surface area (Å²) >= 11 is -0.556. The molecule has 0 amide bonds. The number of allylic oxidation sites excluding steroid dienone is 4. The van der Waals surface area contributed by atoms with Crippen molar-refractivity contribution in [3.05, 3.63) is 41.4 Å². The van der Waals surface area contributed by atoms with E-state index in [-0.39, 0.29) is 7.43 Å². The summed E-state index contributed by atoms with van der Waals surface area (Å²) in [4.78, 5) is 0. The number of nitrogens with zero attached hydrogens (tertiary/aromatic N) is 3. The number of fused-ring (bicyclic) bond motifs is 1. The van der Waals surface area contributed by atoms with Gasteiger partial charge in [0.15, 0.2) is 0 Å². The molecule has 0 spiro atoms. The zero-order valence-corrected chi connectivity index (χ0v) is 23.6. The minimum absolute atomic E-state index is 0. The van der Waals surface area contributed by atoms with Crippen LogP contribution in [0.4, 0.5) is 0 Å². The first kappa shape index (κ1) is 27.9. The Kier molecular flexibility index (Phi) is 11.7. The molecule has 3 aliphatic rings. The first-order chi connectivity index (χ1) is 13.1. The average molecular weight is 493 g/mol. The second-order valence-electron chi connectivity index (χ2n) is 9.68. The van der Waals surface area contributed by atoms with Gasteiger partial charge in [-0.15, -0.1) is 13.3 Å². The molecule has 3 nitrogen and oxygen atoms in total. The quantitative estimate of drug-likeness (QED) is 0.291. The summed E-state index contributed by atoms with van der Waals surface area (Å²) in [6.45, 7) is 19.6. The molecular formula is C22H40Cl2N3SiTi+. The van der Waals surface area contributed by atoms with Crippen molar-refractivity contribution in [2.75, 3.05) is 20.0 Å². The third kappa shape index (κ3) is 6.45. The van der Waals surface area contributed by atoms with E-state index in [0.29, 0.717) is 18.5 Å². The van der Waals surface area contributed by atoms with Crippen LogP contribution >= 0.6 is 18.6 Å². The molecule has 3 unspecified atom stereocenters. The second kappa shape index (κ2) is 12.2. The van der Waals surface area contributed by atoms with Gasteiger partial charge in [-0.2, -0.15) is 0 Å². The van der Waals surface area contributed by atoms with Gasteiger partial charge in [-0.3, -0.25) is 6.67 Å². The van der Waals surface area contributed by atoms with Gasteiger partial charge in [-0.25, -0.2) is 0 Å². The van der Waals surface area contributed by atoms with E-state index in [1.54, 1.807) is 11.1 Å². The van der Waals surface area contributed by atoms with Crippen molar-refractivity contribution in [1.29, 1.82) is 0 Å². The summed E-state index contributed by atoms with van der Waals surface area (Å²) in [5.74, 6) is 3.53. The van der Waals surface area contributed by atoms with Crippen LogP contribution in [0.25, 0.3) is 10.6 Å². The summed E-state index contributed by atoms with van der Waals surface area (Å²) in [5, 5.41) is 9.15. The molecule has 1 saturated carbocycles. The molecule has 29 heavy (non-hydrogen) atoms. The fraction of sp³-hybridized carbons (Fsp3) is 0.773. The van der Waals surface area contributed by atoms with Crippen molar-refractivity contribution in [2.45, 2.75) is 59.7 Å². The van der Waals surface area contributed by atoms with Gasteiger partial charge in [-0.05, 0) is 47.1 Å². The number of rotatable bonds is 4. The van der Waals surface area contributed by atoms with E-state index in [1.165, 1.54) is 6.42 Å². The van der Waals surface area contributed by atoms with Crippen LogP contribution in [0.2, 0.25) is 18.6 Å². The molecule has 0 aromatic rings. The van der Waals surface area contributed by atoms with E-state index in [9.17, 15) is 0 Å². The number of hydrogen-bond donors (Lipinski definition) is 0. The van der Waals surface area contributed by atoms with Crippen LogP contribution < -0.4 is 0 Å². The molecule has 0 bridgehead atoms. The van der Waals surface area contributed by atoms with Gasteiger partial charge in [0.05, 0.1) is 0 Å². The zero-order valence-electron chi connectivity index (χ0n) is 19.5. The Balaban J connectivity index is 0.000000990. The molecule has 0 aromatic carbocycles. The molecule has 1 aliphatic heterocycles. The van der Waals surface area contributed by atoms with Crippen molar-refractivity contribution in [3.8, 4) is 0 Å². The van der Waals surface area contributed by atoms with Crippen LogP contribution in [0.5, 0.6) is 0 Å². The standard InChI is InChI=1S/C21H37N3Si.CH3.2ClH.Ti/c1-14(2)17-9-18(15(3)4)21-16(5)8-20(19(21)10-17)25(6,7)24-12-22-11-23-13-24;;;;/h9-10,14-16,19-21H,8,11-13H2,1-7H3;1H3;2*1H;/q-2;-1;;;+6/p-2/t16-,19?,20?,21?;;;;/m0..../s1. The summed E-state index contributed by atoms with van der Waals surface area (Å²) in [5.41, 5.74) is 4.10. The Morgan fingerprint density at radius 3 is 2.14 bits per heavy atom. The van der Waals surface area contributed by atoms with Gasteiger partial charge < -0.3 is 22.6 Å². The van der Waals surface area contributed by atoms with Crippen molar-refractivity contribution in [3.63, 3.8) is 0 Å². The van der Waals surface area contributed by atoms with Crippen molar-refractivity contribution in [1.82, 2.24) is 4.57 Å². The van der Waals surface area contributed by atoms with Crippen molar-refractivity contribution >= 4 is 26.8 Å². The third-order valence-electron chi connectivity index (χ3n) is 7.02.